The topological polar surface area (TPSA) is 69.7 Å². The number of alkyl carbamates (subject to hydrolysis) is 1. The zero-order valence-corrected chi connectivity index (χ0v) is 17.0. The van der Waals surface area contributed by atoms with E-state index in [4.69, 9.17) is 14.2 Å². The van der Waals surface area contributed by atoms with Crippen LogP contribution >= 0.6 is 11.3 Å². The van der Waals surface area contributed by atoms with Gasteiger partial charge in [0, 0.05) is 18.2 Å². The summed E-state index contributed by atoms with van der Waals surface area (Å²) in [5.74, 6) is 0.785. The van der Waals surface area contributed by atoms with Crippen molar-refractivity contribution < 1.29 is 19.0 Å². The van der Waals surface area contributed by atoms with E-state index >= 15 is 0 Å². The third-order valence-corrected chi connectivity index (χ3v) is 4.90. The first-order valence-corrected chi connectivity index (χ1v) is 9.89. The maximum absolute atomic E-state index is 12.1. The average molecular weight is 391 g/mol. The summed E-state index contributed by atoms with van der Waals surface area (Å²) in [6.45, 7) is 8.58. The molecular formula is C20H26N2O4S. The van der Waals surface area contributed by atoms with E-state index in [1.165, 1.54) is 0 Å². The first-order chi connectivity index (χ1) is 12.7. The maximum Gasteiger partial charge on any atom is 0.409 e. The second-order valence-electron chi connectivity index (χ2n) is 7.69. The van der Waals surface area contributed by atoms with Gasteiger partial charge in [0.15, 0.2) is 0 Å². The largest absolute Gasteiger partial charge is 0.487 e. The first kappa shape index (κ1) is 19.6. The molecule has 1 unspecified atom stereocenters. The van der Waals surface area contributed by atoms with Gasteiger partial charge in [-0.3, -0.25) is 5.32 Å². The Morgan fingerprint density at radius 2 is 2.04 bits per heavy atom. The molecule has 7 heteroatoms. The van der Waals surface area contributed by atoms with E-state index in [2.05, 4.69) is 10.3 Å². The van der Waals surface area contributed by atoms with Crippen LogP contribution in [0.2, 0.25) is 0 Å². The molecule has 146 valence electrons. The van der Waals surface area contributed by atoms with Crippen LogP contribution in [0.5, 0.6) is 5.75 Å². The number of rotatable bonds is 6. The SMILES string of the molecule is Cc1nc(COc2ccc(CC3(NC(=O)OC(C)(C)C)CCO3)cc2)cs1. The van der Waals surface area contributed by atoms with Crippen molar-refractivity contribution in [3.8, 4) is 5.75 Å². The van der Waals surface area contributed by atoms with Crippen LogP contribution in [0, 0.1) is 6.92 Å². The number of amides is 1. The fraction of sp³-hybridized carbons (Fsp3) is 0.500. The van der Waals surface area contributed by atoms with E-state index in [-0.39, 0.29) is 0 Å². The Labute approximate surface area is 163 Å². The first-order valence-electron chi connectivity index (χ1n) is 9.01. The van der Waals surface area contributed by atoms with E-state index in [0.717, 1.165) is 28.4 Å². The molecule has 0 radical (unpaired) electrons. The van der Waals surface area contributed by atoms with Crippen molar-refractivity contribution in [3.63, 3.8) is 0 Å². The molecule has 0 saturated carbocycles. The molecule has 0 bridgehead atoms. The predicted octanol–water partition coefficient (Wildman–Crippen LogP) is 4.21. The lowest BCUT2D eigenvalue weighted by Gasteiger charge is -2.42. The molecule has 1 atom stereocenters. The minimum absolute atomic E-state index is 0.455. The zero-order valence-electron chi connectivity index (χ0n) is 16.2. The van der Waals surface area contributed by atoms with Crippen molar-refractivity contribution in [2.75, 3.05) is 6.61 Å². The van der Waals surface area contributed by atoms with Gasteiger partial charge in [-0.25, -0.2) is 9.78 Å². The Bertz CT molecular complexity index is 776. The number of thiazole rings is 1. The number of aromatic nitrogens is 1. The smallest absolute Gasteiger partial charge is 0.409 e. The quantitative estimate of drug-likeness (QED) is 0.800. The average Bonchev–Trinajstić information content (AvgIpc) is 2.96. The number of ether oxygens (including phenoxy) is 3. The highest BCUT2D eigenvalue weighted by atomic mass is 32.1. The molecule has 1 amide bonds. The van der Waals surface area contributed by atoms with Crippen LogP contribution in [0.25, 0.3) is 0 Å². The van der Waals surface area contributed by atoms with Crippen molar-refractivity contribution in [3.05, 3.63) is 45.9 Å². The molecule has 1 saturated heterocycles. The molecule has 1 aromatic carbocycles. The highest BCUT2D eigenvalue weighted by Gasteiger charge is 2.41. The zero-order chi connectivity index (χ0) is 19.5. The van der Waals surface area contributed by atoms with Gasteiger partial charge >= 0.3 is 6.09 Å². The van der Waals surface area contributed by atoms with Crippen molar-refractivity contribution in [2.45, 2.75) is 58.5 Å². The van der Waals surface area contributed by atoms with Gasteiger partial charge in [0.2, 0.25) is 0 Å². The summed E-state index contributed by atoms with van der Waals surface area (Å²) >= 11 is 1.62. The normalized spacial score (nSPS) is 19.3. The molecule has 1 aromatic heterocycles. The molecule has 1 aliphatic rings. The number of hydrogen-bond acceptors (Lipinski definition) is 6. The summed E-state index contributed by atoms with van der Waals surface area (Å²) in [5.41, 5.74) is 0.764. The summed E-state index contributed by atoms with van der Waals surface area (Å²) in [6.07, 6.45) is 0.881. The van der Waals surface area contributed by atoms with E-state index in [9.17, 15) is 4.79 Å². The van der Waals surface area contributed by atoms with Crippen molar-refractivity contribution in [1.82, 2.24) is 10.3 Å². The second-order valence-corrected chi connectivity index (χ2v) is 8.75. The van der Waals surface area contributed by atoms with Crippen LogP contribution in [-0.4, -0.2) is 29.0 Å². The van der Waals surface area contributed by atoms with Crippen LogP contribution in [0.4, 0.5) is 4.79 Å². The molecule has 27 heavy (non-hydrogen) atoms. The van der Waals surface area contributed by atoms with Crippen molar-refractivity contribution in [2.24, 2.45) is 0 Å². The monoisotopic (exact) mass is 390 g/mol. The maximum atomic E-state index is 12.1. The van der Waals surface area contributed by atoms with Crippen LogP contribution < -0.4 is 10.1 Å². The van der Waals surface area contributed by atoms with Gasteiger partial charge in [0.25, 0.3) is 0 Å². The summed E-state index contributed by atoms with van der Waals surface area (Å²) in [6, 6.07) is 7.83. The Morgan fingerprint density at radius 1 is 1.33 bits per heavy atom. The van der Waals surface area contributed by atoms with Gasteiger partial charge in [0.1, 0.15) is 23.7 Å². The number of nitrogens with one attached hydrogen (secondary N) is 1. The minimum Gasteiger partial charge on any atom is -0.487 e. The van der Waals surface area contributed by atoms with Gasteiger partial charge in [-0.2, -0.15) is 0 Å². The predicted molar refractivity (Wildman–Crippen MR) is 104 cm³/mol. The number of carbonyl (C=O) groups is 1. The third kappa shape index (κ3) is 5.68. The third-order valence-electron chi connectivity index (χ3n) is 4.08. The number of aryl methyl sites for hydroxylation is 1. The standard InChI is InChI=1S/C20H26N2O4S/c1-14-21-16(13-27-14)12-24-17-7-5-15(6-8-17)11-20(9-10-25-20)22-18(23)26-19(2,3)4/h5-8,13H,9-12H2,1-4H3,(H,22,23). The Balaban J connectivity index is 1.55. The van der Waals surface area contributed by atoms with Crippen LogP contribution in [0.1, 0.15) is 43.5 Å². The van der Waals surface area contributed by atoms with E-state index in [0.29, 0.717) is 19.6 Å². The molecule has 3 rings (SSSR count). The van der Waals surface area contributed by atoms with Crippen LogP contribution in [-0.2, 0) is 22.5 Å². The molecule has 1 aliphatic heterocycles. The van der Waals surface area contributed by atoms with E-state index in [1.54, 1.807) is 11.3 Å². The lowest BCUT2D eigenvalue weighted by Crippen LogP contribution is -2.59. The van der Waals surface area contributed by atoms with E-state index < -0.39 is 17.4 Å². The number of benzene rings is 1. The lowest BCUT2D eigenvalue weighted by molar-refractivity contribution is -0.164. The van der Waals surface area contributed by atoms with Crippen LogP contribution in [0.3, 0.4) is 0 Å². The number of carbonyl (C=O) groups excluding carboxylic acids is 1. The summed E-state index contributed by atoms with van der Waals surface area (Å²) in [5, 5.41) is 5.91. The Kier molecular flexibility index (Phi) is 5.72. The molecule has 1 fully saturated rings. The minimum atomic E-state index is -0.692. The molecule has 0 aliphatic carbocycles. The molecule has 2 aromatic rings. The summed E-state index contributed by atoms with van der Waals surface area (Å²) in [4.78, 5) is 16.5. The number of nitrogens with zero attached hydrogens (tertiary/aromatic N) is 1. The second kappa shape index (κ2) is 7.86. The van der Waals surface area contributed by atoms with Gasteiger partial charge in [0.05, 0.1) is 17.3 Å². The van der Waals surface area contributed by atoms with E-state index in [1.807, 2.05) is 57.3 Å². The van der Waals surface area contributed by atoms with Crippen molar-refractivity contribution >= 4 is 17.4 Å². The molecule has 6 nitrogen and oxygen atoms in total. The summed E-state index contributed by atoms with van der Waals surface area (Å²) < 4.78 is 16.8. The number of hydrogen-bond donors (Lipinski definition) is 1. The van der Waals surface area contributed by atoms with Crippen molar-refractivity contribution in [1.29, 1.82) is 0 Å². The van der Waals surface area contributed by atoms with Gasteiger partial charge in [-0.1, -0.05) is 12.1 Å². The highest BCUT2D eigenvalue weighted by Crippen LogP contribution is 2.29. The summed E-state index contributed by atoms with van der Waals surface area (Å²) in [7, 11) is 0. The highest BCUT2D eigenvalue weighted by molar-refractivity contribution is 7.09. The molecule has 1 N–H and O–H groups in total. The Hall–Kier alpha value is -2.12. The van der Waals surface area contributed by atoms with Gasteiger partial charge in [-0.15, -0.1) is 11.3 Å². The van der Waals surface area contributed by atoms with Gasteiger partial charge in [-0.05, 0) is 45.4 Å². The molecule has 2 heterocycles. The van der Waals surface area contributed by atoms with Crippen LogP contribution in [0.15, 0.2) is 29.6 Å². The fourth-order valence-corrected chi connectivity index (χ4v) is 3.38. The Morgan fingerprint density at radius 3 is 2.56 bits per heavy atom. The molecule has 0 spiro atoms. The molecular weight excluding hydrogens is 364 g/mol. The lowest BCUT2D eigenvalue weighted by atomic mass is 9.96. The van der Waals surface area contributed by atoms with Gasteiger partial charge < -0.3 is 14.2 Å². The fourth-order valence-electron chi connectivity index (χ4n) is 2.79.